The van der Waals surface area contributed by atoms with E-state index in [9.17, 15) is 9.90 Å². The number of benzene rings is 2. The molecule has 3 aromatic rings. The molecule has 2 heterocycles. The Balaban J connectivity index is 1.26. The molecule has 246 valence electrons. The number of nitrogens with zero attached hydrogens (tertiary/aromatic N) is 1. The molecule has 7 nitrogen and oxygen atoms in total. The number of carboxylic acid groups (broad SMARTS) is 1. The zero-order chi connectivity index (χ0) is 32.1. The molecule has 1 aliphatic heterocycles. The number of carboxylic acids is 1. The van der Waals surface area contributed by atoms with Crippen LogP contribution in [0.15, 0.2) is 48.7 Å². The van der Waals surface area contributed by atoms with Crippen molar-refractivity contribution >= 4 is 23.3 Å². The third kappa shape index (κ3) is 7.57. The molecule has 0 amide bonds. The number of hydrogen-bond donors (Lipinski definition) is 2. The highest BCUT2D eigenvalue weighted by atomic mass is 35.5. The van der Waals surface area contributed by atoms with Crippen molar-refractivity contribution in [2.75, 3.05) is 25.1 Å². The molecule has 0 bridgehead atoms. The number of aromatic nitrogens is 1. The molecule has 6 rings (SSSR count). The zero-order valence-corrected chi connectivity index (χ0v) is 27.9. The molecule has 0 spiro atoms. The Morgan fingerprint density at radius 3 is 2.61 bits per heavy atom. The van der Waals surface area contributed by atoms with Crippen molar-refractivity contribution < 1.29 is 24.1 Å². The predicted molar refractivity (Wildman–Crippen MR) is 182 cm³/mol. The summed E-state index contributed by atoms with van der Waals surface area (Å²) >= 11 is 6.30. The number of carbonyl (C=O) groups is 1. The fraction of sp³-hybridized carbons (Fsp3) is 0.526. The van der Waals surface area contributed by atoms with Gasteiger partial charge in [0.1, 0.15) is 11.3 Å². The van der Waals surface area contributed by atoms with Crippen LogP contribution in [0.4, 0.5) is 5.69 Å². The number of pyridine rings is 1. The van der Waals surface area contributed by atoms with E-state index in [-0.39, 0.29) is 11.8 Å². The number of fused-ring (bicyclic) bond motifs is 3. The summed E-state index contributed by atoms with van der Waals surface area (Å²) in [4.78, 5) is 17.8. The molecule has 3 aliphatic rings. The first-order valence-corrected chi connectivity index (χ1v) is 17.5. The number of ether oxygens (including phenoxy) is 3. The lowest BCUT2D eigenvalue weighted by Crippen LogP contribution is -2.47. The first-order valence-electron chi connectivity index (χ1n) is 17.1. The Labute approximate surface area is 278 Å². The van der Waals surface area contributed by atoms with E-state index in [4.69, 9.17) is 25.8 Å². The second-order valence-corrected chi connectivity index (χ2v) is 14.2. The predicted octanol–water partition coefficient (Wildman–Crippen LogP) is 8.65. The topological polar surface area (TPSA) is 89.9 Å². The van der Waals surface area contributed by atoms with Crippen LogP contribution in [-0.2, 0) is 24.1 Å². The van der Waals surface area contributed by atoms with Crippen molar-refractivity contribution in [3.8, 4) is 17.2 Å². The summed E-state index contributed by atoms with van der Waals surface area (Å²) in [5, 5.41) is 14.8. The van der Waals surface area contributed by atoms with E-state index in [0.717, 1.165) is 67.0 Å². The van der Waals surface area contributed by atoms with Crippen LogP contribution in [0, 0.1) is 11.8 Å². The third-order valence-electron chi connectivity index (χ3n) is 10.1. The van der Waals surface area contributed by atoms with Crippen LogP contribution in [-0.4, -0.2) is 41.4 Å². The monoisotopic (exact) mass is 646 g/mol. The van der Waals surface area contributed by atoms with Crippen molar-refractivity contribution in [2.45, 2.75) is 95.9 Å². The summed E-state index contributed by atoms with van der Waals surface area (Å²) < 4.78 is 18.8. The fourth-order valence-corrected chi connectivity index (χ4v) is 7.76. The van der Waals surface area contributed by atoms with E-state index >= 15 is 0 Å². The molecule has 1 aromatic heterocycles. The van der Waals surface area contributed by atoms with Gasteiger partial charge in [-0.15, -0.1) is 0 Å². The van der Waals surface area contributed by atoms with Gasteiger partial charge in [0.2, 0.25) is 0 Å². The van der Waals surface area contributed by atoms with Gasteiger partial charge in [0.25, 0.3) is 0 Å². The molecule has 2 aromatic carbocycles. The van der Waals surface area contributed by atoms with Gasteiger partial charge in [0, 0.05) is 28.2 Å². The van der Waals surface area contributed by atoms with Gasteiger partial charge in [0.05, 0.1) is 19.8 Å². The number of aliphatic carboxylic acids is 1. The Kier molecular flexibility index (Phi) is 10.3. The normalized spacial score (nSPS) is 23.6. The van der Waals surface area contributed by atoms with Gasteiger partial charge < -0.3 is 24.6 Å². The highest BCUT2D eigenvalue weighted by Gasteiger charge is 2.40. The summed E-state index contributed by atoms with van der Waals surface area (Å²) in [6.45, 7) is 6.46. The van der Waals surface area contributed by atoms with Gasteiger partial charge in [-0.1, -0.05) is 31.5 Å². The lowest BCUT2D eigenvalue weighted by Gasteiger charge is -2.33. The molecule has 2 N–H and O–H groups in total. The van der Waals surface area contributed by atoms with E-state index in [0.29, 0.717) is 50.0 Å². The highest BCUT2D eigenvalue weighted by Crippen LogP contribution is 2.40. The number of aryl methyl sites for hydroxylation is 2. The van der Waals surface area contributed by atoms with Gasteiger partial charge in [-0.05, 0) is 136 Å². The third-order valence-corrected chi connectivity index (χ3v) is 10.3. The van der Waals surface area contributed by atoms with E-state index in [1.165, 1.54) is 29.7 Å². The number of halogens is 1. The van der Waals surface area contributed by atoms with E-state index in [1.807, 2.05) is 24.4 Å². The molecular formula is C38H47ClN2O5. The molecule has 46 heavy (non-hydrogen) atoms. The van der Waals surface area contributed by atoms with Crippen LogP contribution in [0.3, 0.4) is 0 Å². The average molecular weight is 647 g/mol. The van der Waals surface area contributed by atoms with Crippen molar-refractivity contribution in [1.82, 2.24) is 4.98 Å². The number of rotatable bonds is 8. The van der Waals surface area contributed by atoms with E-state index in [1.54, 1.807) is 12.1 Å². The summed E-state index contributed by atoms with van der Waals surface area (Å²) in [5.74, 6) is 2.67. The second-order valence-electron chi connectivity index (χ2n) is 13.7. The van der Waals surface area contributed by atoms with E-state index < -0.39 is 11.5 Å². The minimum absolute atomic E-state index is 0.258. The van der Waals surface area contributed by atoms with Crippen LogP contribution >= 0.6 is 11.6 Å². The van der Waals surface area contributed by atoms with Crippen molar-refractivity contribution in [1.29, 1.82) is 0 Å². The molecule has 0 unspecified atom stereocenters. The largest absolute Gasteiger partial charge is 0.493 e. The lowest BCUT2D eigenvalue weighted by atomic mass is 9.82. The van der Waals surface area contributed by atoms with Gasteiger partial charge >= 0.3 is 5.97 Å². The molecule has 0 saturated heterocycles. The first kappa shape index (κ1) is 32.5. The highest BCUT2D eigenvalue weighted by molar-refractivity contribution is 6.30. The Bertz CT molecular complexity index is 1530. The van der Waals surface area contributed by atoms with E-state index in [2.05, 4.69) is 36.3 Å². The van der Waals surface area contributed by atoms with Gasteiger partial charge in [0.15, 0.2) is 11.5 Å². The number of anilines is 1. The number of hydrogen-bond acceptors (Lipinski definition) is 6. The molecule has 8 heteroatoms. The fourth-order valence-electron chi connectivity index (χ4n) is 7.57. The summed E-state index contributed by atoms with van der Waals surface area (Å²) in [5.41, 5.74) is 4.39. The molecule has 0 fully saturated rings. The maximum Gasteiger partial charge on any atom is 0.329 e. The molecule has 2 aliphatic carbocycles. The van der Waals surface area contributed by atoms with Crippen LogP contribution < -0.4 is 19.5 Å². The van der Waals surface area contributed by atoms with Gasteiger partial charge in [-0.25, -0.2) is 4.79 Å². The average Bonchev–Trinajstić information content (AvgIpc) is 3.08. The SMILES string of the molecule is C[C@@H](COc1ccnc2c1[C@H](C)CCC2)C[C@@H]1CC[C@@](Nc2cccc(Cl)c2)(C(=O)O)CCc2cc3c(cc2C1)OCCCCO3. The quantitative estimate of drug-likeness (QED) is 0.253. The van der Waals surface area contributed by atoms with Crippen LogP contribution in [0.2, 0.25) is 5.02 Å². The summed E-state index contributed by atoms with van der Waals surface area (Å²) in [6.07, 6.45) is 11.2. The lowest BCUT2D eigenvalue weighted by molar-refractivity contribution is -0.143. The smallest absolute Gasteiger partial charge is 0.329 e. The van der Waals surface area contributed by atoms with Gasteiger partial charge in [-0.2, -0.15) is 0 Å². The first-order chi connectivity index (χ1) is 22.3. The minimum atomic E-state index is -1.14. The van der Waals surface area contributed by atoms with Crippen molar-refractivity contribution in [3.05, 3.63) is 76.1 Å². The van der Waals surface area contributed by atoms with Crippen LogP contribution in [0.1, 0.15) is 93.5 Å². The zero-order valence-electron chi connectivity index (χ0n) is 27.2. The molecule has 0 saturated carbocycles. The Hall–Kier alpha value is -3.45. The maximum absolute atomic E-state index is 13.1. The molecular weight excluding hydrogens is 600 g/mol. The van der Waals surface area contributed by atoms with Gasteiger partial charge in [-0.3, -0.25) is 4.98 Å². The Morgan fingerprint density at radius 2 is 1.85 bits per heavy atom. The standard InChI is InChI=1S/C38H47ClN2O5/c1-25(24-46-33-13-16-40-32-10-5-7-26(2)36(32)33)19-27-11-14-38(37(42)43,41-31-9-6-8-30(39)23-31)15-12-28-21-34-35(22-29(28)20-27)45-18-4-3-17-44-34/h6,8-9,13,16,21-23,25-27,41H,3-5,7,10-12,14-15,17-20,24H2,1-2H3,(H,42,43)/t25-,26-,27+,38+/m1/s1. The Morgan fingerprint density at radius 1 is 1.07 bits per heavy atom. The second kappa shape index (κ2) is 14.5. The number of nitrogens with one attached hydrogen (secondary N) is 1. The van der Waals surface area contributed by atoms with Crippen molar-refractivity contribution in [2.24, 2.45) is 11.8 Å². The molecule has 0 radical (unpaired) electrons. The minimum Gasteiger partial charge on any atom is -0.493 e. The summed E-state index contributed by atoms with van der Waals surface area (Å²) in [6, 6.07) is 13.6. The van der Waals surface area contributed by atoms with Crippen LogP contribution in [0.25, 0.3) is 0 Å². The summed E-state index contributed by atoms with van der Waals surface area (Å²) in [7, 11) is 0. The van der Waals surface area contributed by atoms with Crippen LogP contribution in [0.5, 0.6) is 17.2 Å². The molecule has 4 atom stereocenters. The van der Waals surface area contributed by atoms with Crippen molar-refractivity contribution in [3.63, 3.8) is 0 Å². The maximum atomic E-state index is 13.1.